The number of aliphatic hydroxyl groups is 1. The van der Waals surface area contributed by atoms with Crippen LogP contribution in [0.5, 0.6) is 0 Å². The molecule has 0 amide bonds. The quantitative estimate of drug-likeness (QED) is 0.853. The molecule has 1 aliphatic rings. The van der Waals surface area contributed by atoms with Gasteiger partial charge in [-0.1, -0.05) is 0 Å². The smallest absolute Gasteiger partial charge is 0.168 e. The van der Waals surface area contributed by atoms with Gasteiger partial charge in [0, 0.05) is 25.8 Å². The zero-order valence-electron chi connectivity index (χ0n) is 8.87. The fourth-order valence-electron chi connectivity index (χ4n) is 2.08. The third kappa shape index (κ3) is 2.29. The van der Waals surface area contributed by atoms with Crippen molar-refractivity contribution in [1.29, 1.82) is 0 Å². The van der Waals surface area contributed by atoms with Crippen LogP contribution in [0.2, 0.25) is 0 Å². The molecule has 1 aromatic heterocycles. The van der Waals surface area contributed by atoms with E-state index in [2.05, 4.69) is 4.98 Å². The van der Waals surface area contributed by atoms with Crippen LogP contribution in [0.4, 0.5) is 14.6 Å². The van der Waals surface area contributed by atoms with Crippen molar-refractivity contribution in [1.82, 2.24) is 4.98 Å². The highest BCUT2D eigenvalue weighted by atomic mass is 19.1. The van der Waals surface area contributed by atoms with Gasteiger partial charge in [-0.25, -0.2) is 13.8 Å². The number of aliphatic hydroxyl groups excluding tert-OH is 1. The van der Waals surface area contributed by atoms with E-state index in [0.29, 0.717) is 19.0 Å². The van der Waals surface area contributed by atoms with Gasteiger partial charge in [-0.3, -0.25) is 0 Å². The van der Waals surface area contributed by atoms with Gasteiger partial charge in [0.15, 0.2) is 11.6 Å². The molecule has 2 rings (SSSR count). The Kier molecular flexibility index (Phi) is 3.33. The Morgan fingerprint density at radius 2 is 2.31 bits per heavy atom. The van der Waals surface area contributed by atoms with Gasteiger partial charge in [0.05, 0.1) is 6.20 Å². The molecule has 88 valence electrons. The first-order valence-electron chi connectivity index (χ1n) is 5.37. The van der Waals surface area contributed by atoms with E-state index >= 15 is 0 Å². The molecule has 3 nitrogen and oxygen atoms in total. The van der Waals surface area contributed by atoms with E-state index in [-0.39, 0.29) is 12.4 Å². The van der Waals surface area contributed by atoms with Gasteiger partial charge in [0.25, 0.3) is 0 Å². The molecule has 1 N–H and O–H groups in total. The van der Waals surface area contributed by atoms with E-state index in [1.807, 2.05) is 0 Å². The summed E-state index contributed by atoms with van der Waals surface area (Å²) in [4.78, 5) is 5.57. The molecule has 1 aromatic rings. The molecule has 0 aliphatic carbocycles. The second-order valence-electron chi connectivity index (χ2n) is 4.07. The summed E-state index contributed by atoms with van der Waals surface area (Å²) in [6.07, 6.45) is 2.66. The van der Waals surface area contributed by atoms with Gasteiger partial charge in [-0.15, -0.1) is 0 Å². The molecular weight excluding hydrogens is 214 g/mol. The predicted molar refractivity (Wildman–Crippen MR) is 56.2 cm³/mol. The zero-order chi connectivity index (χ0) is 11.5. The number of halogens is 2. The van der Waals surface area contributed by atoms with Gasteiger partial charge in [0.2, 0.25) is 0 Å². The van der Waals surface area contributed by atoms with E-state index in [1.165, 1.54) is 0 Å². The van der Waals surface area contributed by atoms with E-state index in [0.717, 1.165) is 25.1 Å². The third-order valence-electron chi connectivity index (χ3n) is 2.91. The monoisotopic (exact) mass is 228 g/mol. The molecule has 0 bridgehead atoms. The number of rotatable bonds is 3. The van der Waals surface area contributed by atoms with Crippen molar-refractivity contribution in [2.24, 2.45) is 5.92 Å². The van der Waals surface area contributed by atoms with Crippen LogP contribution in [0, 0.1) is 17.6 Å². The van der Waals surface area contributed by atoms with Crippen molar-refractivity contribution in [3.63, 3.8) is 0 Å². The lowest BCUT2D eigenvalue weighted by Crippen LogP contribution is -2.22. The number of pyridine rings is 1. The predicted octanol–water partition coefficient (Wildman–Crippen LogP) is 1.57. The molecule has 2 heterocycles. The fraction of sp³-hybridized carbons (Fsp3) is 0.545. The van der Waals surface area contributed by atoms with E-state index < -0.39 is 11.6 Å². The minimum absolute atomic E-state index is 0.151. The summed E-state index contributed by atoms with van der Waals surface area (Å²) in [5.41, 5.74) is 0. The van der Waals surface area contributed by atoms with Crippen molar-refractivity contribution in [3.8, 4) is 0 Å². The molecule has 0 radical (unpaired) electrons. The summed E-state index contributed by atoms with van der Waals surface area (Å²) in [7, 11) is 0. The standard InChI is InChI=1S/C11H14F2N2O/c12-9-5-10(13)11(14-6-9)15-3-1-8(7-15)2-4-16/h5-6,8,16H,1-4,7H2. The van der Waals surface area contributed by atoms with Crippen LogP contribution in [0.3, 0.4) is 0 Å². The Morgan fingerprint density at radius 3 is 3.00 bits per heavy atom. The minimum Gasteiger partial charge on any atom is -0.396 e. The fourth-order valence-corrected chi connectivity index (χ4v) is 2.08. The van der Waals surface area contributed by atoms with Crippen LogP contribution in [0.1, 0.15) is 12.8 Å². The highest BCUT2D eigenvalue weighted by Crippen LogP contribution is 2.26. The molecule has 1 aliphatic heterocycles. The normalized spacial score (nSPS) is 20.4. The average molecular weight is 228 g/mol. The summed E-state index contributed by atoms with van der Waals surface area (Å²) < 4.78 is 26.1. The van der Waals surface area contributed by atoms with Crippen LogP contribution in [-0.2, 0) is 0 Å². The first-order chi connectivity index (χ1) is 7.70. The van der Waals surface area contributed by atoms with Crippen molar-refractivity contribution < 1.29 is 13.9 Å². The number of anilines is 1. The number of nitrogens with zero attached hydrogens (tertiary/aromatic N) is 2. The number of hydrogen-bond acceptors (Lipinski definition) is 3. The number of hydrogen-bond donors (Lipinski definition) is 1. The van der Waals surface area contributed by atoms with Crippen molar-refractivity contribution in [2.75, 3.05) is 24.6 Å². The van der Waals surface area contributed by atoms with E-state index in [1.54, 1.807) is 4.90 Å². The van der Waals surface area contributed by atoms with Crippen LogP contribution < -0.4 is 4.90 Å². The zero-order valence-corrected chi connectivity index (χ0v) is 8.87. The molecule has 0 spiro atoms. The molecule has 16 heavy (non-hydrogen) atoms. The van der Waals surface area contributed by atoms with Gasteiger partial charge >= 0.3 is 0 Å². The summed E-state index contributed by atoms with van der Waals surface area (Å²) in [6.45, 7) is 1.54. The molecule has 0 saturated carbocycles. The third-order valence-corrected chi connectivity index (χ3v) is 2.91. The van der Waals surface area contributed by atoms with Crippen molar-refractivity contribution >= 4 is 5.82 Å². The highest BCUT2D eigenvalue weighted by Gasteiger charge is 2.25. The maximum atomic E-state index is 13.4. The summed E-state index contributed by atoms with van der Waals surface area (Å²) in [6, 6.07) is 0.849. The lowest BCUT2D eigenvalue weighted by molar-refractivity contribution is 0.263. The first kappa shape index (κ1) is 11.3. The van der Waals surface area contributed by atoms with Gasteiger partial charge < -0.3 is 10.0 Å². The second-order valence-corrected chi connectivity index (χ2v) is 4.07. The van der Waals surface area contributed by atoms with Gasteiger partial charge in [0.1, 0.15) is 5.82 Å². The van der Waals surface area contributed by atoms with Crippen LogP contribution >= 0.6 is 0 Å². The SMILES string of the molecule is OCCC1CCN(c2ncc(F)cc2F)C1. The van der Waals surface area contributed by atoms with Gasteiger partial charge in [-0.2, -0.15) is 0 Å². The van der Waals surface area contributed by atoms with Crippen LogP contribution in [-0.4, -0.2) is 29.8 Å². The molecule has 1 fully saturated rings. The Bertz CT molecular complexity index is 373. The van der Waals surface area contributed by atoms with Crippen molar-refractivity contribution in [2.45, 2.75) is 12.8 Å². The molecule has 5 heteroatoms. The maximum Gasteiger partial charge on any atom is 0.168 e. The van der Waals surface area contributed by atoms with Crippen LogP contribution in [0.25, 0.3) is 0 Å². The topological polar surface area (TPSA) is 36.4 Å². The Balaban J connectivity index is 2.08. The summed E-state index contributed by atoms with van der Waals surface area (Å²) >= 11 is 0. The van der Waals surface area contributed by atoms with E-state index in [4.69, 9.17) is 5.11 Å². The molecule has 1 unspecified atom stereocenters. The van der Waals surface area contributed by atoms with Gasteiger partial charge in [-0.05, 0) is 18.8 Å². The lowest BCUT2D eigenvalue weighted by atomic mass is 10.1. The van der Waals surface area contributed by atoms with E-state index in [9.17, 15) is 8.78 Å². The Hall–Kier alpha value is -1.23. The largest absolute Gasteiger partial charge is 0.396 e. The summed E-state index contributed by atoms with van der Waals surface area (Å²) in [5.74, 6) is -0.699. The first-order valence-corrected chi connectivity index (χ1v) is 5.37. The number of aromatic nitrogens is 1. The highest BCUT2D eigenvalue weighted by molar-refractivity contribution is 5.40. The average Bonchev–Trinajstić information content (AvgIpc) is 2.67. The second kappa shape index (κ2) is 4.74. The van der Waals surface area contributed by atoms with Crippen molar-refractivity contribution in [3.05, 3.63) is 23.9 Å². The van der Waals surface area contributed by atoms with Crippen LogP contribution in [0.15, 0.2) is 12.3 Å². The summed E-state index contributed by atoms with van der Waals surface area (Å²) in [5, 5.41) is 8.82. The molecule has 1 saturated heterocycles. The minimum atomic E-state index is -0.660. The Morgan fingerprint density at radius 1 is 1.50 bits per heavy atom. The maximum absolute atomic E-state index is 13.4. The molecule has 1 atom stereocenters. The molecular formula is C11H14F2N2O. The Labute approximate surface area is 92.7 Å². The lowest BCUT2D eigenvalue weighted by Gasteiger charge is -2.17. The molecule has 0 aromatic carbocycles.